The highest BCUT2D eigenvalue weighted by Gasteiger charge is 2.34. The molecule has 0 bridgehead atoms. The Morgan fingerprint density at radius 2 is 1.83 bits per heavy atom. The number of nitrogens with zero attached hydrogens (tertiary/aromatic N) is 1. The van der Waals surface area contributed by atoms with E-state index < -0.39 is 0 Å². The van der Waals surface area contributed by atoms with Crippen LogP contribution in [0.15, 0.2) is 18.2 Å². The van der Waals surface area contributed by atoms with Crippen molar-refractivity contribution in [1.29, 1.82) is 0 Å². The first-order chi connectivity index (χ1) is 11.1. The molecule has 0 aromatic heterocycles. The number of halogens is 3. The maximum atomic E-state index is 9.79. The first kappa shape index (κ1) is 20.3. The summed E-state index contributed by atoms with van der Waals surface area (Å²) in [6, 6.07) is 6.06. The van der Waals surface area contributed by atoms with E-state index in [0.29, 0.717) is 22.7 Å². The summed E-state index contributed by atoms with van der Waals surface area (Å²) in [5.74, 6) is 0. The summed E-state index contributed by atoms with van der Waals surface area (Å²) in [6.07, 6.45) is 6.48. The van der Waals surface area contributed by atoms with E-state index in [0.717, 1.165) is 37.9 Å². The zero-order valence-corrected chi connectivity index (χ0v) is 16.1. The van der Waals surface area contributed by atoms with Crippen molar-refractivity contribution < 1.29 is 9.84 Å². The maximum absolute atomic E-state index is 9.79. The fourth-order valence-corrected chi connectivity index (χ4v) is 4.43. The normalized spacial score (nSPS) is 27.9. The Bertz CT molecular complexity index is 509. The highest BCUT2D eigenvalue weighted by molar-refractivity contribution is 6.35. The summed E-state index contributed by atoms with van der Waals surface area (Å²) in [6.45, 7) is 2.42. The molecule has 3 atom stereocenters. The molecule has 1 aromatic carbocycles. The third-order valence-corrected chi connectivity index (χ3v) is 5.79. The largest absolute Gasteiger partial charge is 0.392 e. The maximum Gasteiger partial charge on any atom is 0.0730 e. The van der Waals surface area contributed by atoms with Crippen molar-refractivity contribution >= 4 is 35.6 Å². The fraction of sp³-hybridized carbons (Fsp3) is 0.667. The van der Waals surface area contributed by atoms with Crippen LogP contribution < -0.4 is 0 Å². The van der Waals surface area contributed by atoms with Gasteiger partial charge in [0.1, 0.15) is 0 Å². The average molecular weight is 395 g/mol. The minimum Gasteiger partial charge on any atom is -0.392 e. The van der Waals surface area contributed by atoms with E-state index in [1.54, 1.807) is 0 Å². The van der Waals surface area contributed by atoms with Crippen molar-refractivity contribution in [2.75, 3.05) is 19.7 Å². The zero-order valence-electron chi connectivity index (χ0n) is 13.8. The predicted molar refractivity (Wildman–Crippen MR) is 102 cm³/mol. The van der Waals surface area contributed by atoms with Gasteiger partial charge in [-0.1, -0.05) is 42.1 Å². The molecule has 2 aliphatic rings. The van der Waals surface area contributed by atoms with Gasteiger partial charge in [-0.05, 0) is 43.4 Å². The van der Waals surface area contributed by atoms with Crippen LogP contribution in [0, 0.1) is 0 Å². The molecule has 1 heterocycles. The van der Waals surface area contributed by atoms with E-state index >= 15 is 0 Å². The second-order valence-corrected chi connectivity index (χ2v) is 7.46. The lowest BCUT2D eigenvalue weighted by atomic mass is 9.91. The number of β-amino-alcohol motifs (C(OH)–C–C–N with tert-alkyl or cyclic N) is 1. The van der Waals surface area contributed by atoms with Gasteiger partial charge < -0.3 is 9.84 Å². The monoisotopic (exact) mass is 393 g/mol. The highest BCUT2D eigenvalue weighted by Crippen LogP contribution is 2.29. The van der Waals surface area contributed by atoms with Gasteiger partial charge >= 0.3 is 0 Å². The van der Waals surface area contributed by atoms with Gasteiger partial charge in [-0.15, -0.1) is 12.4 Å². The molecule has 1 aromatic rings. The molecule has 1 N–H and O–H groups in total. The Morgan fingerprint density at radius 3 is 2.50 bits per heavy atom. The lowest BCUT2D eigenvalue weighted by molar-refractivity contribution is -0.0315. The van der Waals surface area contributed by atoms with Crippen LogP contribution in [-0.4, -0.2) is 48.0 Å². The SMILES string of the molecule is Cl.OC1CCN(C2CCCC[C@@H]2OCCc2c(Cl)cccc2Cl)C1. The van der Waals surface area contributed by atoms with E-state index in [1.807, 2.05) is 18.2 Å². The average Bonchev–Trinajstić information content (AvgIpc) is 2.97. The Hall–Kier alpha value is -0.0300. The molecule has 0 radical (unpaired) electrons. The second-order valence-electron chi connectivity index (χ2n) is 6.65. The molecule has 3 nitrogen and oxygen atoms in total. The molecule has 24 heavy (non-hydrogen) atoms. The number of aliphatic hydroxyl groups excluding tert-OH is 1. The van der Waals surface area contributed by atoms with E-state index in [9.17, 15) is 5.11 Å². The minimum atomic E-state index is -0.167. The first-order valence-corrected chi connectivity index (χ1v) is 9.37. The van der Waals surface area contributed by atoms with Gasteiger partial charge in [0, 0.05) is 29.2 Å². The van der Waals surface area contributed by atoms with Crippen LogP contribution in [0.5, 0.6) is 0 Å². The number of benzene rings is 1. The number of ether oxygens (including phenoxy) is 1. The summed E-state index contributed by atoms with van der Waals surface area (Å²) >= 11 is 12.4. The van der Waals surface area contributed by atoms with Crippen LogP contribution in [0.25, 0.3) is 0 Å². The van der Waals surface area contributed by atoms with E-state index in [4.69, 9.17) is 27.9 Å². The van der Waals surface area contributed by atoms with Gasteiger partial charge in [0.2, 0.25) is 0 Å². The fourth-order valence-electron chi connectivity index (χ4n) is 3.84. The highest BCUT2D eigenvalue weighted by atomic mass is 35.5. The van der Waals surface area contributed by atoms with E-state index in [-0.39, 0.29) is 24.6 Å². The Morgan fingerprint density at radius 1 is 1.12 bits per heavy atom. The standard InChI is InChI=1S/C18H25Cl2NO2.ClH/c19-15-4-3-5-16(20)14(15)9-11-23-18-7-2-1-6-17(18)21-10-8-13(22)12-21;/h3-5,13,17-18,22H,1-2,6-12H2;1H/t13?,17?,18-;/m0./s1. The third-order valence-electron chi connectivity index (χ3n) is 5.08. The smallest absolute Gasteiger partial charge is 0.0730 e. The lowest BCUT2D eigenvalue weighted by Crippen LogP contribution is -2.46. The summed E-state index contributed by atoms with van der Waals surface area (Å²) in [5, 5.41) is 11.2. The van der Waals surface area contributed by atoms with Crippen molar-refractivity contribution in [3.63, 3.8) is 0 Å². The molecular formula is C18H26Cl3NO2. The summed E-state index contributed by atoms with van der Waals surface area (Å²) in [5.41, 5.74) is 0.972. The molecule has 0 amide bonds. The Kier molecular flexibility index (Phi) is 8.12. The van der Waals surface area contributed by atoms with Crippen molar-refractivity contribution in [2.24, 2.45) is 0 Å². The molecule has 3 rings (SSSR count). The van der Waals surface area contributed by atoms with Crippen LogP contribution in [-0.2, 0) is 11.2 Å². The van der Waals surface area contributed by atoms with E-state index in [1.165, 1.54) is 19.3 Å². The zero-order chi connectivity index (χ0) is 16.2. The summed E-state index contributed by atoms with van der Waals surface area (Å²) < 4.78 is 6.22. The van der Waals surface area contributed by atoms with Crippen molar-refractivity contribution in [3.05, 3.63) is 33.8 Å². The topological polar surface area (TPSA) is 32.7 Å². The van der Waals surface area contributed by atoms with Gasteiger partial charge in [0.05, 0.1) is 18.8 Å². The number of rotatable bonds is 5. The molecule has 1 aliphatic heterocycles. The quantitative estimate of drug-likeness (QED) is 0.806. The molecule has 1 saturated heterocycles. The molecule has 6 heteroatoms. The molecule has 1 saturated carbocycles. The molecule has 136 valence electrons. The second kappa shape index (κ2) is 9.61. The van der Waals surface area contributed by atoms with Gasteiger partial charge in [0.25, 0.3) is 0 Å². The molecule has 0 spiro atoms. The number of hydrogen-bond acceptors (Lipinski definition) is 3. The van der Waals surface area contributed by atoms with Crippen molar-refractivity contribution in [1.82, 2.24) is 4.90 Å². The lowest BCUT2D eigenvalue weighted by Gasteiger charge is -2.37. The van der Waals surface area contributed by atoms with Gasteiger partial charge in [-0.2, -0.15) is 0 Å². The van der Waals surface area contributed by atoms with Gasteiger partial charge in [-0.25, -0.2) is 0 Å². The van der Waals surface area contributed by atoms with Crippen LogP contribution in [0.4, 0.5) is 0 Å². The number of aliphatic hydroxyl groups is 1. The molecule has 2 fully saturated rings. The van der Waals surface area contributed by atoms with E-state index in [2.05, 4.69) is 4.90 Å². The molecule has 1 aliphatic carbocycles. The van der Waals surface area contributed by atoms with Crippen molar-refractivity contribution in [3.8, 4) is 0 Å². The van der Waals surface area contributed by atoms with Crippen LogP contribution in [0.1, 0.15) is 37.7 Å². The molecule has 2 unspecified atom stereocenters. The molecular weight excluding hydrogens is 369 g/mol. The Labute approximate surface area is 160 Å². The van der Waals surface area contributed by atoms with Crippen LogP contribution >= 0.6 is 35.6 Å². The number of hydrogen-bond donors (Lipinski definition) is 1. The Balaban J connectivity index is 0.00000208. The third kappa shape index (κ3) is 5.00. The van der Waals surface area contributed by atoms with Gasteiger partial charge in [0.15, 0.2) is 0 Å². The van der Waals surface area contributed by atoms with Gasteiger partial charge in [-0.3, -0.25) is 4.90 Å². The summed E-state index contributed by atoms with van der Waals surface area (Å²) in [7, 11) is 0. The number of likely N-dealkylation sites (tertiary alicyclic amines) is 1. The van der Waals surface area contributed by atoms with Crippen LogP contribution in [0.2, 0.25) is 10.0 Å². The summed E-state index contributed by atoms with van der Waals surface area (Å²) in [4.78, 5) is 2.41. The predicted octanol–water partition coefficient (Wildman–Crippen LogP) is 4.35. The first-order valence-electron chi connectivity index (χ1n) is 8.62. The van der Waals surface area contributed by atoms with Crippen molar-refractivity contribution in [2.45, 2.75) is 56.8 Å². The minimum absolute atomic E-state index is 0. The van der Waals surface area contributed by atoms with Crippen LogP contribution in [0.3, 0.4) is 0 Å².